The van der Waals surface area contributed by atoms with Gasteiger partial charge in [-0.3, -0.25) is 4.79 Å². The molecular weight excluding hydrogens is 390 g/mol. The summed E-state index contributed by atoms with van der Waals surface area (Å²) in [4.78, 5) is 38.6. The van der Waals surface area contributed by atoms with Gasteiger partial charge in [0.2, 0.25) is 5.91 Å². The van der Waals surface area contributed by atoms with E-state index in [0.29, 0.717) is 29.5 Å². The standard InChI is InChI=1S/C22H27NO5S/c1-3-8-28-22(27)18-14-7-4-11(2)9-15(14)29-20(18)23-19(24)16-12-5-6-13(10-12)17(16)21(25)26/h5-6,11-13,16-17H,3-4,7-10H2,1-2H3,(H,23,24)(H,25,26)/p-1/t11-,12-,13-,16-,17+/m1/s1. The molecule has 0 unspecified atom stereocenters. The fourth-order valence-corrected chi connectivity index (χ4v) is 6.42. The number of thiophene rings is 1. The highest BCUT2D eigenvalue weighted by Gasteiger charge is 2.49. The first-order chi connectivity index (χ1) is 13.9. The molecule has 156 valence electrons. The Hall–Kier alpha value is -2.15. The number of aliphatic carboxylic acids is 1. The number of fused-ring (bicyclic) bond motifs is 3. The lowest BCUT2D eigenvalue weighted by atomic mass is 9.82. The van der Waals surface area contributed by atoms with E-state index >= 15 is 0 Å². The molecule has 1 heterocycles. The van der Waals surface area contributed by atoms with Gasteiger partial charge in [-0.2, -0.15) is 0 Å². The van der Waals surface area contributed by atoms with Gasteiger partial charge >= 0.3 is 5.97 Å². The lowest BCUT2D eigenvalue weighted by Gasteiger charge is -2.27. The van der Waals surface area contributed by atoms with E-state index in [1.54, 1.807) is 0 Å². The number of hydrogen-bond acceptors (Lipinski definition) is 6. The highest BCUT2D eigenvalue weighted by atomic mass is 32.1. The number of carbonyl (C=O) groups is 3. The maximum Gasteiger partial charge on any atom is 0.341 e. The topological polar surface area (TPSA) is 95.5 Å². The Balaban J connectivity index is 1.62. The Bertz CT molecular complexity index is 873. The zero-order valence-corrected chi connectivity index (χ0v) is 17.6. The summed E-state index contributed by atoms with van der Waals surface area (Å²) in [7, 11) is 0. The van der Waals surface area contributed by atoms with E-state index in [2.05, 4.69) is 12.2 Å². The first kappa shape index (κ1) is 20.1. The van der Waals surface area contributed by atoms with Crippen molar-refractivity contribution in [2.24, 2.45) is 29.6 Å². The van der Waals surface area contributed by atoms with Gasteiger partial charge in [0.25, 0.3) is 0 Å². The van der Waals surface area contributed by atoms with Gasteiger partial charge in [-0.15, -0.1) is 11.3 Å². The van der Waals surface area contributed by atoms with Gasteiger partial charge in [-0.25, -0.2) is 4.79 Å². The molecule has 29 heavy (non-hydrogen) atoms. The van der Waals surface area contributed by atoms with E-state index in [1.807, 2.05) is 19.1 Å². The number of rotatable bonds is 6. The summed E-state index contributed by atoms with van der Waals surface area (Å²) >= 11 is 1.43. The van der Waals surface area contributed by atoms with E-state index in [9.17, 15) is 19.5 Å². The number of amides is 1. The van der Waals surface area contributed by atoms with Crippen LogP contribution in [0.1, 0.15) is 53.9 Å². The number of carboxylic acids is 1. The number of esters is 1. The lowest BCUT2D eigenvalue weighted by molar-refractivity contribution is -0.313. The molecule has 3 aliphatic carbocycles. The van der Waals surface area contributed by atoms with E-state index < -0.39 is 23.8 Å². The van der Waals surface area contributed by atoms with Gasteiger partial charge in [0.1, 0.15) is 5.00 Å². The third kappa shape index (κ3) is 3.61. The Morgan fingerprint density at radius 2 is 1.97 bits per heavy atom. The smallest absolute Gasteiger partial charge is 0.341 e. The van der Waals surface area contributed by atoms with Gasteiger partial charge in [0, 0.05) is 16.8 Å². The average molecular weight is 417 g/mol. The second-order valence-corrected chi connectivity index (χ2v) is 9.61. The second-order valence-electron chi connectivity index (χ2n) is 8.50. The summed E-state index contributed by atoms with van der Waals surface area (Å²) in [5.74, 6) is -3.10. The number of nitrogens with one attached hydrogen (secondary N) is 1. The predicted octanol–water partition coefficient (Wildman–Crippen LogP) is 2.57. The molecule has 1 fully saturated rings. The highest BCUT2D eigenvalue weighted by Crippen LogP contribution is 2.49. The van der Waals surface area contributed by atoms with Crippen molar-refractivity contribution in [3.8, 4) is 0 Å². The van der Waals surface area contributed by atoms with E-state index in [4.69, 9.17) is 4.74 Å². The third-order valence-electron chi connectivity index (χ3n) is 6.42. The molecule has 1 N–H and O–H groups in total. The molecule has 0 aromatic carbocycles. The van der Waals surface area contributed by atoms with Crippen LogP contribution in [0.3, 0.4) is 0 Å². The van der Waals surface area contributed by atoms with E-state index in [1.165, 1.54) is 11.3 Å². The molecule has 6 nitrogen and oxygen atoms in total. The van der Waals surface area contributed by atoms with Crippen molar-refractivity contribution in [1.29, 1.82) is 0 Å². The van der Waals surface area contributed by atoms with Crippen LogP contribution in [0.2, 0.25) is 0 Å². The zero-order valence-electron chi connectivity index (χ0n) is 16.7. The van der Waals surface area contributed by atoms with Crippen molar-refractivity contribution >= 4 is 34.2 Å². The molecule has 0 aliphatic heterocycles. The number of carboxylic acid groups (broad SMARTS) is 1. The Morgan fingerprint density at radius 3 is 2.66 bits per heavy atom. The van der Waals surface area contributed by atoms with Crippen LogP contribution >= 0.6 is 11.3 Å². The molecule has 0 saturated heterocycles. The predicted molar refractivity (Wildman–Crippen MR) is 107 cm³/mol. The fourth-order valence-electron chi connectivity index (χ4n) is 5.02. The lowest BCUT2D eigenvalue weighted by Crippen LogP contribution is -2.42. The van der Waals surface area contributed by atoms with Gasteiger partial charge < -0.3 is 20.0 Å². The number of anilines is 1. The van der Waals surface area contributed by atoms with Crippen molar-refractivity contribution in [2.75, 3.05) is 11.9 Å². The van der Waals surface area contributed by atoms with E-state index in [0.717, 1.165) is 36.1 Å². The molecule has 0 spiro atoms. The second kappa shape index (κ2) is 7.94. The van der Waals surface area contributed by atoms with Crippen molar-refractivity contribution in [1.82, 2.24) is 0 Å². The van der Waals surface area contributed by atoms with Crippen LogP contribution in [-0.4, -0.2) is 24.5 Å². The van der Waals surface area contributed by atoms with Crippen molar-refractivity contribution < 1.29 is 24.2 Å². The molecule has 0 radical (unpaired) electrons. The monoisotopic (exact) mass is 416 g/mol. The molecule has 1 aromatic heterocycles. The van der Waals surface area contributed by atoms with Crippen LogP contribution in [0, 0.1) is 29.6 Å². The minimum Gasteiger partial charge on any atom is -0.550 e. The number of allylic oxidation sites excluding steroid dienone is 2. The molecular formula is C22H26NO5S-. The summed E-state index contributed by atoms with van der Waals surface area (Å²) < 4.78 is 5.39. The van der Waals surface area contributed by atoms with Crippen molar-refractivity contribution in [3.63, 3.8) is 0 Å². The molecule has 1 aromatic rings. The summed E-state index contributed by atoms with van der Waals surface area (Å²) in [6, 6.07) is 0. The van der Waals surface area contributed by atoms with Crippen molar-refractivity contribution in [2.45, 2.75) is 46.0 Å². The first-order valence-corrected chi connectivity index (χ1v) is 11.2. The number of carbonyl (C=O) groups excluding carboxylic acids is 3. The highest BCUT2D eigenvalue weighted by molar-refractivity contribution is 7.17. The Morgan fingerprint density at radius 1 is 1.24 bits per heavy atom. The molecule has 5 atom stereocenters. The van der Waals surface area contributed by atoms with Crippen LogP contribution in [0.15, 0.2) is 12.2 Å². The number of ether oxygens (including phenoxy) is 1. The van der Waals surface area contributed by atoms with Gasteiger partial charge in [0.05, 0.1) is 18.1 Å². The molecule has 7 heteroatoms. The van der Waals surface area contributed by atoms with Crippen molar-refractivity contribution in [3.05, 3.63) is 28.2 Å². The van der Waals surface area contributed by atoms with E-state index in [-0.39, 0.29) is 17.7 Å². The summed E-state index contributed by atoms with van der Waals surface area (Å²) in [5.41, 5.74) is 1.44. The summed E-state index contributed by atoms with van der Waals surface area (Å²) in [6.07, 6.45) is 7.87. The van der Waals surface area contributed by atoms with Crippen LogP contribution in [0.25, 0.3) is 0 Å². The van der Waals surface area contributed by atoms with Gasteiger partial charge in [0.15, 0.2) is 0 Å². The molecule has 4 rings (SSSR count). The maximum atomic E-state index is 13.1. The number of hydrogen-bond donors (Lipinski definition) is 1. The van der Waals surface area contributed by atoms with Gasteiger partial charge in [-0.1, -0.05) is 26.0 Å². The first-order valence-electron chi connectivity index (χ1n) is 10.4. The minimum absolute atomic E-state index is 0.0898. The Labute approximate surface area is 174 Å². The largest absolute Gasteiger partial charge is 0.550 e. The van der Waals surface area contributed by atoms with Crippen LogP contribution < -0.4 is 10.4 Å². The molecule has 1 amide bonds. The Kier molecular flexibility index (Phi) is 5.51. The summed E-state index contributed by atoms with van der Waals surface area (Å²) in [5, 5.41) is 15.1. The average Bonchev–Trinajstić information content (AvgIpc) is 3.37. The van der Waals surface area contributed by atoms with Crippen LogP contribution in [0.4, 0.5) is 5.00 Å². The molecule has 3 aliphatic rings. The maximum absolute atomic E-state index is 13.1. The summed E-state index contributed by atoms with van der Waals surface area (Å²) in [6.45, 7) is 4.45. The normalized spacial score (nSPS) is 29.5. The molecule has 1 saturated carbocycles. The fraction of sp³-hybridized carbons (Fsp3) is 0.591. The SMILES string of the molecule is CCCOC(=O)c1c(NC(=O)[C@H]2[C@@H](C(=O)[O-])[C@@H]3C=C[C@@H]2C3)sc2c1CC[C@@H](C)C2. The zero-order chi connectivity index (χ0) is 20.7. The van der Waals surface area contributed by atoms with Crippen LogP contribution in [-0.2, 0) is 27.2 Å². The minimum atomic E-state index is -1.18. The van der Waals surface area contributed by atoms with Gasteiger partial charge in [-0.05, 0) is 55.4 Å². The van der Waals surface area contributed by atoms with Crippen LogP contribution in [0.5, 0.6) is 0 Å². The molecule has 2 bridgehead atoms. The quantitative estimate of drug-likeness (QED) is 0.568. The third-order valence-corrected chi connectivity index (χ3v) is 7.59.